The lowest BCUT2D eigenvalue weighted by Gasteiger charge is -2.06. The lowest BCUT2D eigenvalue weighted by atomic mass is 10.1. The second kappa shape index (κ2) is 9.12. The van der Waals surface area contributed by atoms with Gasteiger partial charge in [0.05, 0.1) is 11.5 Å². The van der Waals surface area contributed by atoms with Gasteiger partial charge in [0, 0.05) is 30.3 Å². The van der Waals surface area contributed by atoms with E-state index in [0.29, 0.717) is 6.61 Å². The number of rotatable bonds is 7. The van der Waals surface area contributed by atoms with E-state index in [-0.39, 0.29) is 17.8 Å². The lowest BCUT2D eigenvalue weighted by molar-refractivity contribution is -0.384. The van der Waals surface area contributed by atoms with Crippen molar-refractivity contribution in [2.24, 2.45) is 0 Å². The van der Waals surface area contributed by atoms with Gasteiger partial charge in [0.1, 0.15) is 0 Å². The van der Waals surface area contributed by atoms with Gasteiger partial charge in [-0.25, -0.2) is 4.79 Å². The fourth-order valence-electron chi connectivity index (χ4n) is 2.21. The van der Waals surface area contributed by atoms with Crippen LogP contribution in [0.3, 0.4) is 0 Å². The molecule has 0 aromatic heterocycles. The molecule has 134 valence electrons. The van der Waals surface area contributed by atoms with Crippen LogP contribution in [0.1, 0.15) is 28.4 Å². The topological polar surface area (TPSA) is 98.5 Å². The third-order valence-corrected chi connectivity index (χ3v) is 3.42. The predicted octanol–water partition coefficient (Wildman–Crippen LogP) is 3.10. The Bertz CT molecular complexity index is 845. The Labute approximate surface area is 150 Å². The molecule has 0 aliphatic rings. The van der Waals surface area contributed by atoms with Crippen molar-refractivity contribution in [1.29, 1.82) is 0 Å². The standard InChI is InChI=1S/C19H18N2O5/c1-2-26-18(22)10-9-14-5-3-6-15(11-14)13-20-19(23)16-7-4-8-17(12-16)21(24)25/h3-12H,2,13H2,1H3,(H,20,23)/b10-9+. The van der Waals surface area contributed by atoms with E-state index in [1.165, 1.54) is 30.3 Å². The highest BCUT2D eigenvalue weighted by Crippen LogP contribution is 2.13. The molecule has 2 rings (SSSR count). The van der Waals surface area contributed by atoms with Gasteiger partial charge in [0.2, 0.25) is 0 Å². The molecule has 1 amide bonds. The normalized spacial score (nSPS) is 10.5. The van der Waals surface area contributed by atoms with Crippen LogP contribution in [-0.4, -0.2) is 23.4 Å². The molecule has 0 bridgehead atoms. The third-order valence-electron chi connectivity index (χ3n) is 3.42. The minimum Gasteiger partial charge on any atom is -0.463 e. The maximum absolute atomic E-state index is 12.2. The molecular weight excluding hydrogens is 336 g/mol. The van der Waals surface area contributed by atoms with E-state index in [1.807, 2.05) is 18.2 Å². The molecule has 0 fully saturated rings. The molecule has 0 saturated heterocycles. The average Bonchev–Trinajstić information content (AvgIpc) is 2.65. The summed E-state index contributed by atoms with van der Waals surface area (Å²) in [6.45, 7) is 2.30. The molecule has 0 spiro atoms. The van der Waals surface area contributed by atoms with Crippen molar-refractivity contribution in [2.45, 2.75) is 13.5 Å². The molecule has 0 radical (unpaired) electrons. The van der Waals surface area contributed by atoms with Gasteiger partial charge >= 0.3 is 5.97 Å². The Morgan fingerprint density at radius 3 is 2.69 bits per heavy atom. The van der Waals surface area contributed by atoms with Crippen LogP contribution < -0.4 is 5.32 Å². The largest absolute Gasteiger partial charge is 0.463 e. The minimum absolute atomic E-state index is 0.135. The Kier molecular flexibility index (Phi) is 6.61. The van der Waals surface area contributed by atoms with E-state index >= 15 is 0 Å². The maximum Gasteiger partial charge on any atom is 0.330 e. The number of benzene rings is 2. The minimum atomic E-state index is -0.546. The number of hydrogen-bond donors (Lipinski definition) is 1. The number of amides is 1. The summed E-state index contributed by atoms with van der Waals surface area (Å²) in [4.78, 5) is 33.7. The van der Waals surface area contributed by atoms with E-state index < -0.39 is 16.8 Å². The van der Waals surface area contributed by atoms with Gasteiger partial charge in [-0.05, 0) is 36.3 Å². The van der Waals surface area contributed by atoms with Gasteiger partial charge in [-0.3, -0.25) is 14.9 Å². The summed E-state index contributed by atoms with van der Waals surface area (Å²) in [5.41, 5.74) is 1.70. The highest BCUT2D eigenvalue weighted by molar-refractivity contribution is 5.94. The van der Waals surface area contributed by atoms with Crippen LogP contribution in [0, 0.1) is 10.1 Å². The number of carbonyl (C=O) groups excluding carboxylic acids is 2. The Morgan fingerprint density at radius 2 is 1.96 bits per heavy atom. The van der Waals surface area contributed by atoms with E-state index in [2.05, 4.69) is 5.32 Å². The summed E-state index contributed by atoms with van der Waals surface area (Å²) >= 11 is 0. The molecule has 0 heterocycles. The maximum atomic E-state index is 12.2. The molecule has 0 saturated carbocycles. The number of nitro benzene ring substituents is 1. The van der Waals surface area contributed by atoms with Gasteiger partial charge in [-0.2, -0.15) is 0 Å². The number of non-ortho nitro benzene ring substituents is 1. The number of nitrogens with zero attached hydrogens (tertiary/aromatic N) is 1. The summed E-state index contributed by atoms with van der Waals surface area (Å²) in [5, 5.41) is 13.5. The number of nitrogens with one attached hydrogen (secondary N) is 1. The first-order chi connectivity index (χ1) is 12.5. The second-order valence-electron chi connectivity index (χ2n) is 5.32. The third kappa shape index (κ3) is 5.55. The fourth-order valence-corrected chi connectivity index (χ4v) is 2.21. The van der Waals surface area contributed by atoms with Crippen molar-refractivity contribution in [2.75, 3.05) is 6.61 Å². The first-order valence-corrected chi connectivity index (χ1v) is 7.96. The molecule has 7 heteroatoms. The second-order valence-corrected chi connectivity index (χ2v) is 5.32. The average molecular weight is 354 g/mol. The molecule has 0 aliphatic heterocycles. The quantitative estimate of drug-likeness (QED) is 0.356. The molecule has 2 aromatic rings. The van der Waals surface area contributed by atoms with E-state index in [1.54, 1.807) is 19.1 Å². The first-order valence-electron chi connectivity index (χ1n) is 7.96. The number of nitro groups is 1. The van der Waals surface area contributed by atoms with Crippen molar-refractivity contribution in [1.82, 2.24) is 5.32 Å². The Morgan fingerprint density at radius 1 is 1.19 bits per heavy atom. The molecule has 0 unspecified atom stereocenters. The lowest BCUT2D eigenvalue weighted by Crippen LogP contribution is -2.22. The van der Waals surface area contributed by atoms with Gasteiger partial charge < -0.3 is 10.1 Å². The zero-order chi connectivity index (χ0) is 18.9. The van der Waals surface area contributed by atoms with E-state index in [0.717, 1.165) is 11.1 Å². The zero-order valence-corrected chi connectivity index (χ0v) is 14.2. The van der Waals surface area contributed by atoms with Crippen LogP contribution in [-0.2, 0) is 16.1 Å². The molecule has 1 N–H and O–H groups in total. The SMILES string of the molecule is CCOC(=O)/C=C/c1cccc(CNC(=O)c2cccc([N+](=O)[O-])c2)c1. The summed E-state index contributed by atoms with van der Waals surface area (Å²) in [6, 6.07) is 12.8. The van der Waals surface area contributed by atoms with E-state index in [4.69, 9.17) is 4.74 Å². The Hall–Kier alpha value is -3.48. The Balaban J connectivity index is 2.00. The van der Waals surface area contributed by atoms with Gasteiger partial charge in [0.25, 0.3) is 11.6 Å². The molecule has 0 atom stereocenters. The van der Waals surface area contributed by atoms with Crippen molar-refractivity contribution in [3.8, 4) is 0 Å². The monoisotopic (exact) mass is 354 g/mol. The molecular formula is C19H18N2O5. The summed E-state index contributed by atoms with van der Waals surface area (Å²) < 4.78 is 4.82. The number of ether oxygens (including phenoxy) is 1. The smallest absolute Gasteiger partial charge is 0.330 e. The summed E-state index contributed by atoms with van der Waals surface area (Å²) in [5.74, 6) is -0.821. The van der Waals surface area contributed by atoms with Crippen LogP contribution >= 0.6 is 0 Å². The predicted molar refractivity (Wildman–Crippen MR) is 96.4 cm³/mol. The molecule has 7 nitrogen and oxygen atoms in total. The van der Waals surface area contributed by atoms with Crippen LogP contribution in [0.15, 0.2) is 54.6 Å². The molecule has 2 aromatic carbocycles. The van der Waals surface area contributed by atoms with Crippen LogP contribution in [0.4, 0.5) is 5.69 Å². The number of hydrogen-bond acceptors (Lipinski definition) is 5. The number of carbonyl (C=O) groups is 2. The highest BCUT2D eigenvalue weighted by Gasteiger charge is 2.11. The molecule has 26 heavy (non-hydrogen) atoms. The number of esters is 1. The van der Waals surface area contributed by atoms with E-state index in [9.17, 15) is 19.7 Å². The summed E-state index contributed by atoms with van der Waals surface area (Å²) in [7, 11) is 0. The first kappa shape index (κ1) is 18.9. The zero-order valence-electron chi connectivity index (χ0n) is 14.2. The van der Waals surface area contributed by atoms with Crippen LogP contribution in [0.25, 0.3) is 6.08 Å². The fraction of sp³-hybridized carbons (Fsp3) is 0.158. The van der Waals surface area contributed by atoms with Crippen molar-refractivity contribution >= 4 is 23.6 Å². The van der Waals surface area contributed by atoms with Gasteiger partial charge in [0.15, 0.2) is 0 Å². The van der Waals surface area contributed by atoms with Crippen LogP contribution in [0.5, 0.6) is 0 Å². The highest BCUT2D eigenvalue weighted by atomic mass is 16.6. The summed E-state index contributed by atoms with van der Waals surface area (Å²) in [6.07, 6.45) is 2.97. The van der Waals surface area contributed by atoms with Crippen molar-refractivity contribution < 1.29 is 19.2 Å². The van der Waals surface area contributed by atoms with Crippen LogP contribution in [0.2, 0.25) is 0 Å². The van der Waals surface area contributed by atoms with Gasteiger partial charge in [-0.15, -0.1) is 0 Å². The van der Waals surface area contributed by atoms with Gasteiger partial charge in [-0.1, -0.05) is 24.3 Å². The van der Waals surface area contributed by atoms with Crippen molar-refractivity contribution in [3.05, 3.63) is 81.4 Å². The molecule has 0 aliphatic carbocycles. The van der Waals surface area contributed by atoms with Crippen molar-refractivity contribution in [3.63, 3.8) is 0 Å².